The predicted molar refractivity (Wildman–Crippen MR) is 152 cm³/mol. The summed E-state index contributed by atoms with van der Waals surface area (Å²) < 4.78 is 0. The Labute approximate surface area is 235 Å². The van der Waals surface area contributed by atoms with Crippen LogP contribution in [0.15, 0.2) is 78.9 Å². The number of benzene rings is 3. The maximum absolute atomic E-state index is 4.99. The van der Waals surface area contributed by atoms with E-state index in [1.807, 2.05) is 89.8 Å². The Morgan fingerprint density at radius 2 is 1.02 bits per heavy atom. The van der Waals surface area contributed by atoms with Crippen molar-refractivity contribution in [1.29, 1.82) is 0 Å². The van der Waals surface area contributed by atoms with Crippen molar-refractivity contribution in [3.8, 4) is 45.6 Å². The van der Waals surface area contributed by atoms with Crippen molar-refractivity contribution in [3.05, 3.63) is 90.5 Å². The number of H-pyrrole nitrogens is 2. The van der Waals surface area contributed by atoms with E-state index in [0.29, 0.717) is 45.9 Å². The van der Waals surface area contributed by atoms with E-state index in [1.165, 1.54) is 0 Å². The van der Waals surface area contributed by atoms with Gasteiger partial charge in [0.05, 0.1) is 0 Å². The van der Waals surface area contributed by atoms with Crippen molar-refractivity contribution < 1.29 is 15.9 Å². The second-order valence-electron chi connectivity index (χ2n) is 9.28. The second kappa shape index (κ2) is 8.99. The minimum absolute atomic E-state index is 0.508. The number of aromatic amines is 2. The Morgan fingerprint density at radius 1 is 0.550 bits per heavy atom. The van der Waals surface area contributed by atoms with Gasteiger partial charge in [0.15, 0.2) is 0 Å². The van der Waals surface area contributed by atoms with Gasteiger partial charge in [-0.3, -0.25) is 0 Å². The number of rotatable bonds is 2. The van der Waals surface area contributed by atoms with Crippen molar-refractivity contribution in [3.63, 3.8) is 0 Å². The zero-order chi connectivity index (χ0) is 26.6. The Hall–Kier alpha value is -5.10. The molecule has 8 rings (SSSR count). The Kier molecular flexibility index (Phi) is 5.13. The Balaban J connectivity index is 1.56. The van der Waals surface area contributed by atoms with Crippen molar-refractivity contribution in [1.82, 2.24) is 39.9 Å². The van der Waals surface area contributed by atoms with Gasteiger partial charge >= 0.3 is 206 Å². The average molecular weight is 554 g/mol. The molecule has 0 radical (unpaired) electrons. The van der Waals surface area contributed by atoms with Crippen LogP contribution in [-0.4, -0.2) is 44.8 Å². The molecule has 0 saturated heterocycles. The minimum atomic E-state index is 0.508. The molecule has 6 aromatic rings. The molecule has 2 aliphatic rings. The van der Waals surface area contributed by atoms with Crippen LogP contribution in [0.4, 0.5) is 0 Å². The van der Waals surface area contributed by atoms with Gasteiger partial charge in [-0.15, -0.1) is 0 Å². The fourth-order valence-electron chi connectivity index (χ4n) is 5.07. The third-order valence-corrected chi connectivity index (χ3v) is 7.12. The van der Waals surface area contributed by atoms with E-state index in [9.17, 15) is 0 Å². The SMILES string of the molecule is [Cr]=[CH]/C=C\c1[c-]c2nc3nc(nc4[nH]c(nc5nc(nc1[nH]2)-c1ccccc1-5)c1ccccc41)-c1ccccc1-3. The van der Waals surface area contributed by atoms with E-state index in [2.05, 4.69) is 31.9 Å². The summed E-state index contributed by atoms with van der Waals surface area (Å²) in [6, 6.07) is 27.3. The predicted octanol–water partition coefficient (Wildman–Crippen LogP) is 5.88. The van der Waals surface area contributed by atoms with E-state index in [-0.39, 0.29) is 0 Å². The van der Waals surface area contributed by atoms with Crippen LogP contribution < -0.4 is 0 Å². The summed E-state index contributed by atoms with van der Waals surface area (Å²) in [6.45, 7) is 0. The van der Waals surface area contributed by atoms with Gasteiger partial charge in [0.25, 0.3) is 0 Å². The standard InChI is InChI=1S/C31H17N8.Cr/c1-2-9-17-16-24-32-25(17)34-27-20-12-5-6-13-21(20)29(36-27)38-31-23-15-8-7-14-22(23)30(39-31)37-28-19-11-4-3-10-18(19)26(33-24)35-28;/h1-15H,(H2,32,33,34,35,36,37,38,39);/q-1;/b9-2-;. The van der Waals surface area contributed by atoms with Crippen LogP contribution in [0.25, 0.3) is 85.0 Å². The van der Waals surface area contributed by atoms with Crippen molar-refractivity contribution in [2.45, 2.75) is 0 Å². The zero-order valence-corrected chi connectivity index (χ0v) is 22.0. The van der Waals surface area contributed by atoms with Crippen LogP contribution in [0.2, 0.25) is 0 Å². The molecule has 3 aromatic carbocycles. The molecule has 2 aliphatic heterocycles. The van der Waals surface area contributed by atoms with E-state index >= 15 is 0 Å². The van der Waals surface area contributed by atoms with Crippen LogP contribution in [0, 0.1) is 6.07 Å². The van der Waals surface area contributed by atoms with Gasteiger partial charge < -0.3 is 0 Å². The maximum atomic E-state index is 4.99. The van der Waals surface area contributed by atoms with Gasteiger partial charge in [-0.1, -0.05) is 24.3 Å². The molecule has 0 aliphatic carbocycles. The first-order valence-corrected chi connectivity index (χ1v) is 13.3. The molecule has 0 unspecified atom stereocenters. The Morgan fingerprint density at radius 3 is 1.55 bits per heavy atom. The van der Waals surface area contributed by atoms with Crippen LogP contribution in [0.5, 0.6) is 0 Å². The number of hydrogen-bond donors (Lipinski definition) is 2. The molecule has 0 saturated carbocycles. The summed E-state index contributed by atoms with van der Waals surface area (Å²) >= 11 is 2.88. The summed E-state index contributed by atoms with van der Waals surface area (Å²) in [4.78, 5) is 38.1. The molecule has 8 bridgehead atoms. The van der Waals surface area contributed by atoms with Crippen LogP contribution in [0.1, 0.15) is 5.56 Å². The quantitative estimate of drug-likeness (QED) is 0.259. The molecule has 0 spiro atoms. The number of nitrogens with zero attached hydrogens (tertiary/aromatic N) is 6. The van der Waals surface area contributed by atoms with Crippen LogP contribution in [0.3, 0.4) is 0 Å². The van der Waals surface area contributed by atoms with Crippen molar-refractivity contribution in [2.24, 2.45) is 0 Å². The number of hydrogen-bond acceptors (Lipinski definition) is 6. The number of aromatic nitrogens is 8. The molecular weight excluding hydrogens is 536 g/mol. The first-order chi connectivity index (χ1) is 19.7. The molecule has 0 atom stereocenters. The molecule has 188 valence electrons. The second-order valence-corrected chi connectivity index (χ2v) is 9.71. The Bertz CT molecular complexity index is 2210. The molecule has 0 amide bonds. The van der Waals surface area contributed by atoms with Crippen LogP contribution >= 0.6 is 0 Å². The summed E-state index contributed by atoms with van der Waals surface area (Å²) in [5.74, 6) is 2.27. The molecule has 0 fully saturated rings. The number of allylic oxidation sites excluding steroid dienone is 1. The van der Waals surface area contributed by atoms with Gasteiger partial charge in [0.2, 0.25) is 0 Å². The van der Waals surface area contributed by atoms with E-state index in [0.717, 1.165) is 38.6 Å². The van der Waals surface area contributed by atoms with Gasteiger partial charge in [0.1, 0.15) is 0 Å². The average Bonchev–Trinajstić information content (AvgIpc) is 3.72. The first kappa shape index (κ1) is 22.8. The molecule has 40 heavy (non-hydrogen) atoms. The summed E-state index contributed by atoms with van der Waals surface area (Å²) in [7, 11) is 0. The zero-order valence-electron chi connectivity index (χ0n) is 20.8. The van der Waals surface area contributed by atoms with Crippen molar-refractivity contribution in [2.75, 3.05) is 0 Å². The fourth-order valence-corrected chi connectivity index (χ4v) is 5.19. The molecule has 9 heteroatoms. The van der Waals surface area contributed by atoms with Gasteiger partial charge in [0, 0.05) is 5.39 Å². The monoisotopic (exact) mass is 553 g/mol. The topological polar surface area (TPSA) is 109 Å². The van der Waals surface area contributed by atoms with E-state index in [1.54, 1.807) is 0 Å². The normalized spacial score (nSPS) is 12.0. The van der Waals surface area contributed by atoms with Gasteiger partial charge in [-0.25, -0.2) is 0 Å². The molecule has 3 aromatic heterocycles. The molecule has 8 nitrogen and oxygen atoms in total. The third kappa shape index (κ3) is 3.64. The molecule has 5 heterocycles. The molecular formula is C31H17CrN8-. The summed E-state index contributed by atoms with van der Waals surface area (Å²) in [6.07, 6.45) is 3.81. The summed E-state index contributed by atoms with van der Waals surface area (Å²) in [5, 5.41) is 1.89. The third-order valence-electron chi connectivity index (χ3n) is 6.87. The fraction of sp³-hybridized carbons (Fsp3) is 0. The van der Waals surface area contributed by atoms with E-state index in [4.69, 9.17) is 29.9 Å². The van der Waals surface area contributed by atoms with Crippen LogP contribution in [-0.2, 0) is 15.9 Å². The van der Waals surface area contributed by atoms with E-state index < -0.39 is 0 Å². The first-order valence-electron chi connectivity index (χ1n) is 12.6. The van der Waals surface area contributed by atoms with Crippen molar-refractivity contribution >= 4 is 44.3 Å². The summed E-state index contributed by atoms with van der Waals surface area (Å²) in [5.41, 5.74) is 6.80. The van der Waals surface area contributed by atoms with Gasteiger partial charge in [-0.2, -0.15) is 0 Å². The van der Waals surface area contributed by atoms with Gasteiger partial charge in [-0.05, 0) is 0 Å². The molecule has 2 N–H and O–H groups in total. The number of nitrogens with one attached hydrogen (secondary N) is 2. The number of fused-ring (bicyclic) bond motifs is 17.